The molecule has 3 unspecified atom stereocenters. The van der Waals surface area contributed by atoms with E-state index < -0.39 is 37.6 Å². The van der Waals surface area contributed by atoms with Crippen LogP contribution in [-0.4, -0.2) is 51.4 Å². The van der Waals surface area contributed by atoms with Crippen LogP contribution in [0.1, 0.15) is 20.3 Å². The van der Waals surface area contributed by atoms with E-state index >= 15 is 0 Å². The predicted octanol–water partition coefficient (Wildman–Crippen LogP) is -0.654. The highest BCUT2D eigenvalue weighted by Gasteiger charge is 2.31. The first-order chi connectivity index (χ1) is 13.0. The van der Waals surface area contributed by atoms with Gasteiger partial charge in [0.15, 0.2) is 0 Å². The first-order valence-corrected chi connectivity index (χ1v) is 8.25. The van der Waals surface area contributed by atoms with Crippen LogP contribution in [0.4, 0.5) is 17.1 Å². The Labute approximate surface area is 158 Å². The number of non-ortho nitro benzene ring substituents is 1. The molecule has 1 aromatic rings. The van der Waals surface area contributed by atoms with Crippen molar-refractivity contribution < 1.29 is 34.7 Å². The first kappa shape index (κ1) is 22.9. The van der Waals surface area contributed by atoms with Gasteiger partial charge in [0.05, 0.1) is 64.2 Å². The summed E-state index contributed by atoms with van der Waals surface area (Å²) in [5, 5.41) is 50.9. The highest BCUT2D eigenvalue weighted by atomic mass is 16.6. The number of hydrogen-bond acceptors (Lipinski definition) is 9. The molecule has 1 fully saturated rings. The number of aliphatic hydroxyl groups is 1. The van der Waals surface area contributed by atoms with Crippen LogP contribution < -0.4 is 10.0 Å². The average Bonchev–Trinajstić information content (AvgIpc) is 2.59. The van der Waals surface area contributed by atoms with Gasteiger partial charge in [-0.1, -0.05) is 6.92 Å². The van der Waals surface area contributed by atoms with E-state index in [1.54, 1.807) is 0 Å². The van der Waals surface area contributed by atoms with Crippen LogP contribution >= 0.6 is 0 Å². The molecule has 0 aliphatic carbocycles. The molecule has 0 amide bonds. The lowest BCUT2D eigenvalue weighted by atomic mass is 9.94. The number of aliphatic hydroxyl groups excluding tert-OH is 1. The molecule has 1 heterocycles. The molecule has 0 spiro atoms. The molecule has 1 saturated heterocycles. The van der Waals surface area contributed by atoms with Crippen LogP contribution in [0.25, 0.3) is 0 Å². The summed E-state index contributed by atoms with van der Waals surface area (Å²) in [5.41, 5.74) is -3.26. The number of benzene rings is 1. The Morgan fingerprint density at radius 1 is 1.07 bits per heavy atom. The SMILES string of the molecule is CC1C[NH+](CCO)C(C)CC1=O.O=[N+]([O-])c1cc([N+](=O)[O-])c([O-])c([N+](=O)[O-])c1. The van der Waals surface area contributed by atoms with Crippen molar-refractivity contribution in [3.8, 4) is 5.75 Å². The van der Waals surface area contributed by atoms with Crippen LogP contribution in [0.2, 0.25) is 0 Å². The topological polar surface area (TPSA) is 194 Å². The van der Waals surface area contributed by atoms with Gasteiger partial charge in [-0.2, -0.15) is 0 Å². The molecular weight excluding hydrogens is 380 g/mol. The van der Waals surface area contributed by atoms with Gasteiger partial charge in [0.1, 0.15) is 12.3 Å². The minimum absolute atomic E-state index is 0.183. The van der Waals surface area contributed by atoms with Gasteiger partial charge >= 0.3 is 0 Å². The number of rotatable bonds is 5. The zero-order valence-corrected chi connectivity index (χ0v) is 15.2. The van der Waals surface area contributed by atoms with Gasteiger partial charge in [0.2, 0.25) is 0 Å². The van der Waals surface area contributed by atoms with Crippen LogP contribution in [0.3, 0.4) is 0 Å². The number of quaternary nitrogens is 1. The lowest BCUT2D eigenvalue weighted by Crippen LogP contribution is -3.17. The second kappa shape index (κ2) is 9.66. The smallest absolute Gasteiger partial charge is 0.283 e. The second-order valence-electron chi connectivity index (χ2n) is 6.39. The van der Waals surface area contributed by atoms with Gasteiger partial charge in [0, 0.05) is 0 Å². The number of nitro groups is 3. The summed E-state index contributed by atoms with van der Waals surface area (Å²) in [6, 6.07) is 1.16. The van der Waals surface area contributed by atoms with E-state index in [0.29, 0.717) is 30.4 Å². The number of nitro benzene ring substituents is 3. The number of Topliss-reactive ketones (excluding diaryl/α,β-unsaturated/α-hetero) is 1. The molecule has 2 N–H and O–H groups in total. The Morgan fingerprint density at radius 2 is 1.57 bits per heavy atom. The third kappa shape index (κ3) is 5.65. The maximum Gasteiger partial charge on any atom is 0.283 e. The summed E-state index contributed by atoms with van der Waals surface area (Å²) in [5.74, 6) is -0.896. The van der Waals surface area contributed by atoms with Gasteiger partial charge < -0.3 is 15.1 Å². The van der Waals surface area contributed by atoms with E-state index in [9.17, 15) is 40.2 Å². The first-order valence-electron chi connectivity index (χ1n) is 8.25. The summed E-state index contributed by atoms with van der Waals surface area (Å²) in [4.78, 5) is 40.2. The second-order valence-corrected chi connectivity index (χ2v) is 6.39. The standard InChI is InChI=1S/C9H17NO2.C6H3N3O7/c1-7-6-10(3-4-11)8(2)5-9(7)12;10-6-4(8(13)14)1-3(7(11)12)2-5(6)9(15)16/h7-8,11H,3-6H2,1-2H3;1-2,10H. The molecule has 1 aromatic carbocycles. The molecule has 0 radical (unpaired) electrons. The Kier molecular flexibility index (Phi) is 7.88. The lowest BCUT2D eigenvalue weighted by Gasteiger charge is -2.32. The molecule has 13 heteroatoms. The van der Waals surface area contributed by atoms with E-state index in [0.717, 1.165) is 13.1 Å². The molecule has 13 nitrogen and oxygen atoms in total. The predicted molar refractivity (Wildman–Crippen MR) is 91.9 cm³/mol. The molecule has 1 aliphatic rings. The molecule has 0 aromatic heterocycles. The molecule has 0 saturated carbocycles. The number of likely N-dealkylation sites (tertiary alicyclic amines) is 1. The number of nitrogens with zero attached hydrogens (tertiary/aromatic N) is 3. The highest BCUT2D eigenvalue weighted by Crippen LogP contribution is 2.36. The Hall–Kier alpha value is -3.19. The van der Waals surface area contributed by atoms with Crippen molar-refractivity contribution in [2.45, 2.75) is 26.3 Å². The Balaban J connectivity index is 0.000000292. The van der Waals surface area contributed by atoms with Crippen molar-refractivity contribution in [2.24, 2.45) is 5.92 Å². The molecule has 2 rings (SSSR count). The summed E-state index contributed by atoms with van der Waals surface area (Å²) in [7, 11) is 0. The van der Waals surface area contributed by atoms with Crippen LogP contribution in [0, 0.1) is 36.3 Å². The third-order valence-electron chi connectivity index (χ3n) is 4.39. The molecule has 0 bridgehead atoms. The molecule has 3 atom stereocenters. The van der Waals surface area contributed by atoms with E-state index in [-0.39, 0.29) is 12.5 Å². The summed E-state index contributed by atoms with van der Waals surface area (Å²) < 4.78 is 0. The van der Waals surface area contributed by atoms with E-state index in [1.165, 1.54) is 4.90 Å². The van der Waals surface area contributed by atoms with Crippen molar-refractivity contribution in [3.05, 3.63) is 42.5 Å². The Bertz CT molecular complexity index is 748. The average molecular weight is 400 g/mol. The fourth-order valence-electron chi connectivity index (χ4n) is 2.81. The van der Waals surface area contributed by atoms with Crippen molar-refractivity contribution in [2.75, 3.05) is 19.7 Å². The summed E-state index contributed by atoms with van der Waals surface area (Å²) >= 11 is 0. The quantitative estimate of drug-likeness (QED) is 0.476. The zero-order valence-electron chi connectivity index (χ0n) is 15.2. The third-order valence-corrected chi connectivity index (χ3v) is 4.39. The van der Waals surface area contributed by atoms with Gasteiger partial charge in [-0.3, -0.25) is 35.1 Å². The van der Waals surface area contributed by atoms with Crippen LogP contribution in [-0.2, 0) is 4.79 Å². The number of hydrogen-bond donors (Lipinski definition) is 2. The fraction of sp³-hybridized carbons (Fsp3) is 0.533. The molecule has 1 aliphatic heterocycles. The van der Waals surface area contributed by atoms with Gasteiger partial charge in [-0.25, -0.2) is 0 Å². The molecular formula is C15H20N4O9. The number of carbonyl (C=O) groups excluding carboxylic acids is 1. The van der Waals surface area contributed by atoms with Gasteiger partial charge in [-0.05, 0) is 6.92 Å². The summed E-state index contributed by atoms with van der Waals surface area (Å²) in [6.45, 7) is 5.94. The minimum atomic E-state index is -1.46. The monoisotopic (exact) mass is 400 g/mol. The van der Waals surface area contributed by atoms with Crippen molar-refractivity contribution in [1.82, 2.24) is 0 Å². The maximum atomic E-state index is 11.3. The van der Waals surface area contributed by atoms with Crippen LogP contribution in [0.5, 0.6) is 5.75 Å². The lowest BCUT2D eigenvalue weighted by molar-refractivity contribution is -0.928. The minimum Gasteiger partial charge on any atom is -0.863 e. The van der Waals surface area contributed by atoms with Gasteiger partial charge in [0.25, 0.3) is 17.1 Å². The van der Waals surface area contributed by atoms with Crippen molar-refractivity contribution in [3.63, 3.8) is 0 Å². The van der Waals surface area contributed by atoms with E-state index in [2.05, 4.69) is 6.92 Å². The number of carbonyl (C=O) groups is 1. The highest BCUT2D eigenvalue weighted by molar-refractivity contribution is 5.81. The van der Waals surface area contributed by atoms with Crippen molar-refractivity contribution >= 4 is 22.8 Å². The van der Waals surface area contributed by atoms with E-state index in [1.807, 2.05) is 6.92 Å². The van der Waals surface area contributed by atoms with E-state index in [4.69, 9.17) is 5.11 Å². The van der Waals surface area contributed by atoms with Crippen molar-refractivity contribution in [1.29, 1.82) is 0 Å². The molecule has 154 valence electrons. The van der Waals surface area contributed by atoms with Gasteiger partial charge in [-0.15, -0.1) is 0 Å². The zero-order chi connectivity index (χ0) is 21.6. The number of piperidine rings is 1. The summed E-state index contributed by atoms with van der Waals surface area (Å²) in [6.07, 6.45) is 0.677. The maximum absolute atomic E-state index is 11.3. The number of ketones is 1. The number of nitrogens with one attached hydrogen (secondary N) is 1. The normalized spacial score (nSPS) is 21.4. The molecule has 28 heavy (non-hydrogen) atoms. The Morgan fingerprint density at radius 3 is 1.96 bits per heavy atom. The van der Waals surface area contributed by atoms with Crippen LogP contribution in [0.15, 0.2) is 12.1 Å². The largest absolute Gasteiger partial charge is 0.863 e. The fourth-order valence-corrected chi connectivity index (χ4v) is 2.81.